The number of aryl methyl sites for hydroxylation is 2. The van der Waals surface area contributed by atoms with E-state index in [-0.39, 0.29) is 0 Å². The van der Waals surface area contributed by atoms with Crippen molar-refractivity contribution in [2.45, 2.75) is 20.8 Å². The molecule has 0 aliphatic rings. The predicted molar refractivity (Wildman–Crippen MR) is 96.1 cm³/mol. The summed E-state index contributed by atoms with van der Waals surface area (Å²) in [5, 5.41) is 8.20. The first-order valence-corrected chi connectivity index (χ1v) is 8.54. The molecule has 2 heterocycles. The Morgan fingerprint density at radius 2 is 1.92 bits per heavy atom. The van der Waals surface area contributed by atoms with Crippen LogP contribution < -0.4 is 0 Å². The predicted octanol–water partition coefficient (Wildman–Crippen LogP) is 4.35. The van der Waals surface area contributed by atoms with Gasteiger partial charge in [0, 0.05) is 10.0 Å². The normalized spacial score (nSPS) is 10.7. The molecule has 0 fully saturated rings. The van der Waals surface area contributed by atoms with Gasteiger partial charge in [-0.15, -0.1) is 10.2 Å². The van der Waals surface area contributed by atoms with Gasteiger partial charge in [-0.3, -0.25) is 4.98 Å². The van der Waals surface area contributed by atoms with E-state index in [1.807, 2.05) is 31.2 Å². The average molecular weight is 402 g/mol. The van der Waals surface area contributed by atoms with E-state index in [4.69, 9.17) is 9.15 Å². The topological polar surface area (TPSA) is 78.1 Å². The number of hydrogen-bond acceptors (Lipinski definition) is 6. The summed E-state index contributed by atoms with van der Waals surface area (Å²) in [6.45, 7) is 5.66. The van der Waals surface area contributed by atoms with Crippen molar-refractivity contribution in [1.82, 2.24) is 15.2 Å². The highest BCUT2D eigenvalue weighted by Crippen LogP contribution is 2.28. The van der Waals surface area contributed by atoms with Gasteiger partial charge in [-0.2, -0.15) is 0 Å². The summed E-state index contributed by atoms with van der Waals surface area (Å²) in [6, 6.07) is 9.27. The maximum Gasteiger partial charge on any atom is 0.339 e. The van der Waals surface area contributed by atoms with Crippen LogP contribution in [0.1, 0.15) is 28.7 Å². The van der Waals surface area contributed by atoms with Gasteiger partial charge in [0.25, 0.3) is 0 Å². The Balaban J connectivity index is 2.02. The van der Waals surface area contributed by atoms with E-state index in [9.17, 15) is 4.79 Å². The Hall–Kier alpha value is -2.54. The Bertz CT molecular complexity index is 937. The molecule has 128 valence electrons. The minimum absolute atomic E-state index is 0.301. The van der Waals surface area contributed by atoms with Gasteiger partial charge in [0.15, 0.2) is 0 Å². The van der Waals surface area contributed by atoms with Crippen molar-refractivity contribution in [3.8, 4) is 22.9 Å². The smallest absolute Gasteiger partial charge is 0.339 e. The fourth-order valence-electron chi connectivity index (χ4n) is 2.43. The number of carbonyl (C=O) groups is 1. The number of benzene rings is 1. The molecule has 0 spiro atoms. The first-order chi connectivity index (χ1) is 12.0. The summed E-state index contributed by atoms with van der Waals surface area (Å²) in [4.78, 5) is 16.5. The summed E-state index contributed by atoms with van der Waals surface area (Å²) in [7, 11) is 0. The van der Waals surface area contributed by atoms with Gasteiger partial charge in [-0.25, -0.2) is 4.79 Å². The third-order valence-corrected chi connectivity index (χ3v) is 4.12. The van der Waals surface area contributed by atoms with Crippen LogP contribution in [0, 0.1) is 13.8 Å². The maximum absolute atomic E-state index is 12.1. The molecule has 0 radical (unpaired) electrons. The lowest BCUT2D eigenvalue weighted by atomic mass is 10.1. The molecule has 0 aliphatic carbocycles. The Labute approximate surface area is 153 Å². The van der Waals surface area contributed by atoms with Crippen LogP contribution in [0.25, 0.3) is 22.9 Å². The number of rotatable bonds is 4. The van der Waals surface area contributed by atoms with Crippen molar-refractivity contribution in [1.29, 1.82) is 0 Å². The molecule has 0 atom stereocenters. The third-order valence-electron chi connectivity index (χ3n) is 3.63. The van der Waals surface area contributed by atoms with Crippen LogP contribution in [0.2, 0.25) is 0 Å². The number of hydrogen-bond donors (Lipinski definition) is 0. The lowest BCUT2D eigenvalue weighted by Gasteiger charge is -2.08. The largest absolute Gasteiger partial charge is 0.462 e. The Morgan fingerprint density at radius 3 is 2.64 bits per heavy atom. The maximum atomic E-state index is 12.1. The first-order valence-electron chi connectivity index (χ1n) is 7.74. The highest BCUT2D eigenvalue weighted by Gasteiger charge is 2.19. The van der Waals surface area contributed by atoms with Crippen LogP contribution in [-0.2, 0) is 4.74 Å². The van der Waals surface area contributed by atoms with Gasteiger partial charge < -0.3 is 9.15 Å². The van der Waals surface area contributed by atoms with E-state index in [1.54, 1.807) is 19.9 Å². The number of esters is 1. The van der Waals surface area contributed by atoms with Crippen LogP contribution in [-0.4, -0.2) is 27.8 Å². The molecular weight excluding hydrogens is 386 g/mol. The summed E-state index contributed by atoms with van der Waals surface area (Å²) in [5.41, 5.74) is 3.12. The quantitative estimate of drug-likeness (QED) is 0.604. The van der Waals surface area contributed by atoms with Crippen LogP contribution >= 0.6 is 15.9 Å². The zero-order valence-electron chi connectivity index (χ0n) is 14.0. The van der Waals surface area contributed by atoms with Gasteiger partial charge >= 0.3 is 5.97 Å². The van der Waals surface area contributed by atoms with Crippen LogP contribution in [0.5, 0.6) is 0 Å². The van der Waals surface area contributed by atoms with Crippen molar-refractivity contribution in [3.05, 3.63) is 51.8 Å². The van der Waals surface area contributed by atoms with Crippen molar-refractivity contribution in [2.75, 3.05) is 6.61 Å². The molecule has 0 amide bonds. The van der Waals surface area contributed by atoms with Gasteiger partial charge in [0.2, 0.25) is 11.8 Å². The van der Waals surface area contributed by atoms with Crippen LogP contribution in [0.15, 0.2) is 39.2 Å². The highest BCUT2D eigenvalue weighted by atomic mass is 79.9. The Morgan fingerprint density at radius 1 is 1.16 bits per heavy atom. The average Bonchev–Trinajstić information content (AvgIpc) is 3.05. The van der Waals surface area contributed by atoms with Gasteiger partial charge in [-0.05, 0) is 45.0 Å². The van der Waals surface area contributed by atoms with E-state index < -0.39 is 5.97 Å². The number of aromatic nitrogens is 3. The molecular formula is C18H16BrN3O3. The second kappa shape index (κ2) is 7.14. The number of ether oxygens (including phenoxy) is 1. The molecule has 3 aromatic rings. The minimum Gasteiger partial charge on any atom is -0.462 e. The van der Waals surface area contributed by atoms with Crippen LogP contribution in [0.4, 0.5) is 0 Å². The molecule has 0 N–H and O–H groups in total. The Kier molecular flexibility index (Phi) is 4.94. The number of nitrogens with zero attached hydrogens (tertiary/aromatic N) is 3. The summed E-state index contributed by atoms with van der Waals surface area (Å²) >= 11 is 3.42. The van der Waals surface area contributed by atoms with Gasteiger partial charge in [0.05, 0.1) is 29.1 Å². The number of carbonyl (C=O) groups excluding carboxylic acids is 1. The monoisotopic (exact) mass is 401 g/mol. The van der Waals surface area contributed by atoms with E-state index in [0.29, 0.717) is 40.9 Å². The zero-order valence-corrected chi connectivity index (χ0v) is 15.6. The van der Waals surface area contributed by atoms with E-state index in [2.05, 4.69) is 31.1 Å². The minimum atomic E-state index is -0.416. The second-order valence-corrected chi connectivity index (χ2v) is 6.31. The number of halogens is 1. The van der Waals surface area contributed by atoms with E-state index >= 15 is 0 Å². The fourth-order valence-corrected chi connectivity index (χ4v) is 2.83. The molecule has 0 bridgehead atoms. The molecule has 2 aromatic heterocycles. The van der Waals surface area contributed by atoms with Gasteiger partial charge in [0.1, 0.15) is 0 Å². The highest BCUT2D eigenvalue weighted by molar-refractivity contribution is 9.10. The zero-order chi connectivity index (χ0) is 18.0. The molecule has 6 nitrogen and oxygen atoms in total. The first kappa shape index (κ1) is 17.3. The summed E-state index contributed by atoms with van der Waals surface area (Å²) in [6.07, 6.45) is 0. The molecule has 3 rings (SSSR count). The standard InChI is InChI=1S/C18H16BrN3O3/c1-4-24-18(23)15-9-14(10(2)20-11(15)3)17-22-21-16(25-17)12-6-5-7-13(19)8-12/h5-9H,4H2,1-3H3. The molecule has 0 unspecified atom stereocenters. The third kappa shape index (κ3) is 3.61. The SMILES string of the molecule is CCOC(=O)c1cc(-c2nnc(-c3cccc(Br)c3)o2)c(C)nc1C. The number of pyridine rings is 1. The molecule has 1 aromatic carbocycles. The molecule has 0 saturated heterocycles. The van der Waals surface area contributed by atoms with E-state index in [0.717, 1.165) is 10.0 Å². The lowest BCUT2D eigenvalue weighted by Crippen LogP contribution is -2.09. The molecule has 7 heteroatoms. The second-order valence-electron chi connectivity index (χ2n) is 5.40. The van der Waals surface area contributed by atoms with Crippen LogP contribution in [0.3, 0.4) is 0 Å². The van der Waals surface area contributed by atoms with Crippen molar-refractivity contribution in [2.24, 2.45) is 0 Å². The van der Waals surface area contributed by atoms with Crippen molar-refractivity contribution >= 4 is 21.9 Å². The summed E-state index contributed by atoms with van der Waals surface area (Å²) in [5.74, 6) is 0.292. The summed E-state index contributed by atoms with van der Waals surface area (Å²) < 4.78 is 11.8. The van der Waals surface area contributed by atoms with Gasteiger partial charge in [-0.1, -0.05) is 22.0 Å². The van der Waals surface area contributed by atoms with E-state index in [1.165, 1.54) is 0 Å². The fraction of sp³-hybridized carbons (Fsp3) is 0.222. The van der Waals surface area contributed by atoms with Crippen molar-refractivity contribution in [3.63, 3.8) is 0 Å². The molecule has 0 saturated carbocycles. The lowest BCUT2D eigenvalue weighted by molar-refractivity contribution is 0.0525. The molecule has 0 aliphatic heterocycles. The molecule has 25 heavy (non-hydrogen) atoms. The van der Waals surface area contributed by atoms with Crippen molar-refractivity contribution < 1.29 is 13.9 Å².